The van der Waals surface area contributed by atoms with Gasteiger partial charge in [0, 0.05) is 33.6 Å². The third kappa shape index (κ3) is 11.0. The molecule has 0 radical (unpaired) electrons. The fourth-order valence-electron chi connectivity index (χ4n) is 6.10. The Hall–Kier alpha value is -5.51. The molecule has 6 atom stereocenters. The van der Waals surface area contributed by atoms with E-state index in [1.165, 1.54) is 0 Å². The van der Waals surface area contributed by atoms with Gasteiger partial charge in [0.2, 0.25) is 5.91 Å². The van der Waals surface area contributed by atoms with E-state index in [1.807, 2.05) is 48.5 Å². The van der Waals surface area contributed by atoms with Crippen LogP contribution >= 0.6 is 0 Å². The topological polar surface area (TPSA) is 208 Å². The maximum atomic E-state index is 13.6. The van der Waals surface area contributed by atoms with E-state index in [9.17, 15) is 33.6 Å². The zero-order valence-corrected chi connectivity index (χ0v) is 30.5. The minimum absolute atomic E-state index is 0.0716. The Morgan fingerprint density at radius 3 is 1.75 bits per heavy atom. The second-order valence-electron chi connectivity index (χ2n) is 13.4. The minimum atomic E-state index is -1.60. The van der Waals surface area contributed by atoms with Crippen molar-refractivity contribution in [2.75, 3.05) is 13.2 Å². The molecule has 1 aliphatic heterocycles. The van der Waals surface area contributed by atoms with E-state index in [0.717, 1.165) is 49.9 Å². The highest BCUT2D eigenvalue weighted by Gasteiger charge is 2.53. The first-order valence-corrected chi connectivity index (χ1v) is 16.9. The van der Waals surface area contributed by atoms with E-state index in [-0.39, 0.29) is 12.5 Å². The summed E-state index contributed by atoms with van der Waals surface area (Å²) in [6.45, 7) is 8.52. The first-order chi connectivity index (χ1) is 24.9. The number of hydrogen-bond donors (Lipinski definition) is 2. The summed E-state index contributed by atoms with van der Waals surface area (Å²) in [5.74, 6) is -5.44. The van der Waals surface area contributed by atoms with Crippen LogP contribution in [0.3, 0.4) is 0 Å². The highest BCUT2D eigenvalue weighted by molar-refractivity contribution is 5.88. The lowest BCUT2D eigenvalue weighted by atomic mass is 9.97. The van der Waals surface area contributed by atoms with E-state index in [4.69, 9.17) is 33.2 Å². The molecule has 53 heavy (non-hydrogen) atoms. The molecule has 1 aliphatic carbocycles. The molecular weight excluding hydrogens is 696 g/mol. The fourth-order valence-corrected chi connectivity index (χ4v) is 6.10. The van der Waals surface area contributed by atoms with E-state index in [2.05, 4.69) is 10.6 Å². The molecule has 0 spiro atoms. The third-order valence-corrected chi connectivity index (χ3v) is 8.01. The first-order valence-electron chi connectivity index (χ1n) is 16.9. The molecule has 1 fully saturated rings. The van der Waals surface area contributed by atoms with Gasteiger partial charge in [0.1, 0.15) is 31.0 Å². The standard InChI is InChI=1S/C37H44N2O14/c1-19(40)47-18-29-31(49-20(2)41)32(50-21(3)42)33(51-22(4)43)34(52-29)39-30(44)16-28(35(45)53-37(5,6)7)38-36(46)48-17-27-25-14-10-8-12-23(25)24-13-9-11-15-26(24)27/h8-15,27-29,31-34H,16-18H2,1-7H3,(H,38,46)(H,39,44)/t28-,29?,31?,32?,33?,34?/m0/s1. The average molecular weight is 741 g/mol. The number of hydrogen-bond acceptors (Lipinski definition) is 14. The lowest BCUT2D eigenvalue weighted by Crippen LogP contribution is -2.66. The summed E-state index contributed by atoms with van der Waals surface area (Å²) in [5, 5.41) is 4.90. The van der Waals surface area contributed by atoms with Crippen molar-refractivity contribution in [3.05, 3.63) is 59.7 Å². The molecule has 0 bridgehead atoms. The van der Waals surface area contributed by atoms with Gasteiger partial charge in [0.05, 0.1) is 6.42 Å². The molecule has 1 heterocycles. The molecule has 4 rings (SSSR count). The van der Waals surface area contributed by atoms with E-state index < -0.39 is 97.2 Å². The summed E-state index contributed by atoms with van der Waals surface area (Å²) >= 11 is 0. The van der Waals surface area contributed by atoms with Crippen LogP contribution in [-0.2, 0) is 61.9 Å². The fraction of sp³-hybridized carbons (Fsp3) is 0.486. The van der Waals surface area contributed by atoms with Crippen molar-refractivity contribution in [1.29, 1.82) is 0 Å². The largest absolute Gasteiger partial charge is 0.463 e. The van der Waals surface area contributed by atoms with Gasteiger partial charge in [0.25, 0.3) is 0 Å². The van der Waals surface area contributed by atoms with Crippen LogP contribution in [-0.4, -0.2) is 97.3 Å². The molecule has 0 saturated carbocycles. The zero-order chi connectivity index (χ0) is 39.0. The maximum absolute atomic E-state index is 13.6. The number of benzene rings is 2. The van der Waals surface area contributed by atoms with E-state index in [1.54, 1.807) is 20.8 Å². The predicted molar refractivity (Wildman–Crippen MR) is 183 cm³/mol. The first kappa shape index (κ1) is 40.3. The summed E-state index contributed by atoms with van der Waals surface area (Å²) in [7, 11) is 0. The SMILES string of the molecule is CC(=O)OCC1OC(NC(=O)C[C@H](NC(=O)OCC2c3ccccc3-c3ccccc32)C(=O)OC(C)(C)C)C(OC(C)=O)C(OC(C)=O)C1OC(C)=O. The maximum Gasteiger partial charge on any atom is 0.407 e. The lowest BCUT2D eigenvalue weighted by molar-refractivity contribution is -0.257. The summed E-state index contributed by atoms with van der Waals surface area (Å²) in [6.07, 6.45) is -9.22. The zero-order valence-electron chi connectivity index (χ0n) is 30.5. The molecule has 0 aromatic heterocycles. The van der Waals surface area contributed by atoms with Crippen LogP contribution in [0.15, 0.2) is 48.5 Å². The van der Waals surface area contributed by atoms with Crippen molar-refractivity contribution >= 4 is 41.8 Å². The van der Waals surface area contributed by atoms with Gasteiger partial charge in [-0.05, 0) is 43.0 Å². The molecule has 2 amide bonds. The van der Waals surface area contributed by atoms with Gasteiger partial charge < -0.3 is 43.8 Å². The second kappa shape index (κ2) is 17.3. The summed E-state index contributed by atoms with van der Waals surface area (Å²) in [5.41, 5.74) is 2.96. The number of carbonyl (C=O) groups excluding carboxylic acids is 7. The van der Waals surface area contributed by atoms with Gasteiger partial charge in [-0.25, -0.2) is 9.59 Å². The van der Waals surface area contributed by atoms with Crippen molar-refractivity contribution in [2.45, 2.75) is 103 Å². The third-order valence-electron chi connectivity index (χ3n) is 8.01. The highest BCUT2D eigenvalue weighted by atomic mass is 16.7. The van der Waals surface area contributed by atoms with Crippen LogP contribution in [0.1, 0.15) is 71.9 Å². The molecular formula is C37H44N2O14. The Labute approximate surface area is 306 Å². The number of esters is 5. The number of ether oxygens (including phenoxy) is 7. The molecule has 1 saturated heterocycles. The van der Waals surface area contributed by atoms with Gasteiger partial charge in [-0.3, -0.25) is 24.0 Å². The quantitative estimate of drug-likeness (QED) is 0.237. The van der Waals surface area contributed by atoms with Crippen LogP contribution in [0.2, 0.25) is 0 Å². The number of carbonyl (C=O) groups is 7. The van der Waals surface area contributed by atoms with Crippen molar-refractivity contribution in [1.82, 2.24) is 10.6 Å². The van der Waals surface area contributed by atoms with Gasteiger partial charge in [-0.15, -0.1) is 0 Å². The second-order valence-corrected chi connectivity index (χ2v) is 13.4. The van der Waals surface area contributed by atoms with E-state index in [0.29, 0.717) is 0 Å². The van der Waals surface area contributed by atoms with Crippen molar-refractivity contribution in [3.63, 3.8) is 0 Å². The number of alkyl carbamates (subject to hydrolysis) is 1. The molecule has 2 N–H and O–H groups in total. The number of nitrogens with one attached hydrogen (secondary N) is 2. The molecule has 2 aromatic carbocycles. The molecule has 2 aromatic rings. The van der Waals surface area contributed by atoms with Crippen molar-refractivity contribution < 1.29 is 66.7 Å². The number of amides is 2. The molecule has 16 nitrogen and oxygen atoms in total. The Bertz CT molecular complexity index is 1670. The van der Waals surface area contributed by atoms with Gasteiger partial charge >= 0.3 is 35.9 Å². The van der Waals surface area contributed by atoms with Gasteiger partial charge in [-0.1, -0.05) is 48.5 Å². The van der Waals surface area contributed by atoms with Crippen LogP contribution in [0.25, 0.3) is 11.1 Å². The smallest absolute Gasteiger partial charge is 0.407 e. The molecule has 16 heteroatoms. The van der Waals surface area contributed by atoms with Crippen LogP contribution < -0.4 is 10.6 Å². The Kier molecular flexibility index (Phi) is 13.2. The Balaban J connectivity index is 1.54. The minimum Gasteiger partial charge on any atom is -0.463 e. The molecule has 2 aliphatic rings. The Morgan fingerprint density at radius 2 is 1.23 bits per heavy atom. The molecule has 286 valence electrons. The van der Waals surface area contributed by atoms with Gasteiger partial charge in [-0.2, -0.15) is 0 Å². The average Bonchev–Trinajstić information content (AvgIpc) is 3.37. The van der Waals surface area contributed by atoms with Crippen molar-refractivity contribution in [3.8, 4) is 11.1 Å². The van der Waals surface area contributed by atoms with E-state index >= 15 is 0 Å². The number of fused-ring (bicyclic) bond motifs is 3. The van der Waals surface area contributed by atoms with Crippen LogP contribution in [0.4, 0.5) is 4.79 Å². The number of rotatable bonds is 12. The van der Waals surface area contributed by atoms with Crippen LogP contribution in [0, 0.1) is 0 Å². The summed E-state index contributed by atoms with van der Waals surface area (Å²) in [6, 6.07) is 13.9. The normalized spacial score (nSPS) is 21.1. The van der Waals surface area contributed by atoms with Crippen molar-refractivity contribution in [2.24, 2.45) is 0 Å². The molecule has 5 unspecified atom stereocenters. The van der Waals surface area contributed by atoms with Crippen LogP contribution in [0.5, 0.6) is 0 Å². The summed E-state index contributed by atoms with van der Waals surface area (Å²) < 4.78 is 38.2. The van der Waals surface area contributed by atoms with Gasteiger partial charge in [0.15, 0.2) is 24.5 Å². The predicted octanol–water partition coefficient (Wildman–Crippen LogP) is 2.82. The summed E-state index contributed by atoms with van der Waals surface area (Å²) in [4.78, 5) is 88.1. The highest BCUT2D eigenvalue weighted by Crippen LogP contribution is 2.44. The Morgan fingerprint density at radius 1 is 0.698 bits per heavy atom. The monoisotopic (exact) mass is 740 g/mol. The lowest BCUT2D eigenvalue weighted by Gasteiger charge is -2.44.